The summed E-state index contributed by atoms with van der Waals surface area (Å²) in [6.45, 7) is 9.39. The van der Waals surface area contributed by atoms with E-state index in [2.05, 4.69) is 5.10 Å². The summed E-state index contributed by atoms with van der Waals surface area (Å²) in [5, 5.41) is 4.53. The molecule has 1 aromatic carbocycles. The molecule has 1 amide bonds. The zero-order valence-corrected chi connectivity index (χ0v) is 17.1. The van der Waals surface area contributed by atoms with E-state index in [0.29, 0.717) is 24.8 Å². The third-order valence-electron chi connectivity index (χ3n) is 4.75. The molecular formula is C21H30N4O3. The number of carbonyl (C=O) groups is 1. The second-order valence-corrected chi connectivity index (χ2v) is 8.31. The van der Waals surface area contributed by atoms with Crippen molar-refractivity contribution in [2.75, 3.05) is 25.4 Å². The Bertz CT molecular complexity index is 811. The van der Waals surface area contributed by atoms with Crippen LogP contribution in [0, 0.1) is 12.8 Å². The van der Waals surface area contributed by atoms with E-state index < -0.39 is 5.60 Å². The average molecular weight is 386 g/mol. The molecule has 1 fully saturated rings. The first-order valence-electron chi connectivity index (χ1n) is 9.76. The van der Waals surface area contributed by atoms with Crippen LogP contribution in [-0.4, -0.2) is 46.1 Å². The number of aromatic nitrogens is 2. The van der Waals surface area contributed by atoms with Gasteiger partial charge in [0.05, 0.1) is 17.9 Å². The van der Waals surface area contributed by atoms with Crippen molar-refractivity contribution in [1.82, 2.24) is 14.7 Å². The third-order valence-corrected chi connectivity index (χ3v) is 4.75. The predicted octanol–water partition coefficient (Wildman–Crippen LogP) is 3.79. The van der Waals surface area contributed by atoms with E-state index in [1.54, 1.807) is 9.58 Å². The Morgan fingerprint density at radius 3 is 2.68 bits per heavy atom. The smallest absolute Gasteiger partial charge is 0.410 e. The molecule has 1 atom stereocenters. The number of para-hydroxylation sites is 1. The van der Waals surface area contributed by atoms with Crippen molar-refractivity contribution < 1.29 is 14.3 Å². The molecule has 2 heterocycles. The normalized spacial score (nSPS) is 17.4. The van der Waals surface area contributed by atoms with Crippen LogP contribution in [0.1, 0.15) is 39.2 Å². The van der Waals surface area contributed by atoms with Crippen LogP contribution in [-0.2, 0) is 4.74 Å². The molecule has 0 aliphatic carbocycles. The summed E-state index contributed by atoms with van der Waals surface area (Å²) < 4.78 is 13.2. The molecule has 1 aliphatic rings. The summed E-state index contributed by atoms with van der Waals surface area (Å²) in [6, 6.07) is 9.74. The molecule has 1 aromatic heterocycles. The van der Waals surface area contributed by atoms with Crippen LogP contribution in [0.4, 0.5) is 10.6 Å². The Hall–Kier alpha value is -2.70. The number of amides is 1. The number of hydrogen-bond acceptors (Lipinski definition) is 5. The van der Waals surface area contributed by atoms with Crippen molar-refractivity contribution in [3.05, 3.63) is 35.9 Å². The minimum absolute atomic E-state index is 0.240. The summed E-state index contributed by atoms with van der Waals surface area (Å²) in [5.41, 5.74) is 7.45. The number of nitrogens with two attached hydrogens (primary N) is 1. The monoisotopic (exact) mass is 386 g/mol. The van der Waals surface area contributed by atoms with Crippen LogP contribution in [0.3, 0.4) is 0 Å². The number of carbonyl (C=O) groups excluding carboxylic acids is 1. The average Bonchev–Trinajstić information content (AvgIpc) is 2.94. The first-order chi connectivity index (χ1) is 13.2. The highest BCUT2D eigenvalue weighted by atomic mass is 16.6. The lowest BCUT2D eigenvalue weighted by atomic mass is 9.99. The molecule has 152 valence electrons. The molecular weight excluding hydrogens is 356 g/mol. The van der Waals surface area contributed by atoms with Gasteiger partial charge in [0.1, 0.15) is 11.4 Å². The maximum absolute atomic E-state index is 12.3. The summed E-state index contributed by atoms with van der Waals surface area (Å²) in [4.78, 5) is 14.1. The Balaban J connectivity index is 1.62. The number of hydrogen-bond donors (Lipinski definition) is 1. The van der Waals surface area contributed by atoms with Crippen LogP contribution >= 0.6 is 0 Å². The molecule has 1 aliphatic heterocycles. The van der Waals surface area contributed by atoms with E-state index in [0.717, 1.165) is 30.6 Å². The highest BCUT2D eigenvalue weighted by Gasteiger charge is 2.28. The maximum atomic E-state index is 12.3. The zero-order valence-electron chi connectivity index (χ0n) is 17.1. The van der Waals surface area contributed by atoms with E-state index in [1.165, 1.54) is 0 Å². The summed E-state index contributed by atoms with van der Waals surface area (Å²) in [6.07, 6.45) is 1.69. The lowest BCUT2D eigenvalue weighted by molar-refractivity contribution is 0.0138. The van der Waals surface area contributed by atoms with E-state index in [-0.39, 0.29) is 12.0 Å². The fraction of sp³-hybridized carbons (Fsp3) is 0.524. The van der Waals surface area contributed by atoms with Crippen LogP contribution in [0.2, 0.25) is 0 Å². The first kappa shape index (κ1) is 20.0. The second kappa shape index (κ2) is 8.12. The predicted molar refractivity (Wildman–Crippen MR) is 109 cm³/mol. The van der Waals surface area contributed by atoms with Gasteiger partial charge in [0.2, 0.25) is 5.88 Å². The minimum atomic E-state index is -0.487. The zero-order chi connectivity index (χ0) is 20.3. The molecule has 7 nitrogen and oxygen atoms in total. The molecule has 7 heteroatoms. The van der Waals surface area contributed by atoms with Crippen molar-refractivity contribution in [3.63, 3.8) is 0 Å². The fourth-order valence-electron chi connectivity index (χ4n) is 3.28. The lowest BCUT2D eigenvalue weighted by Crippen LogP contribution is -2.44. The van der Waals surface area contributed by atoms with Crippen molar-refractivity contribution in [3.8, 4) is 11.6 Å². The van der Waals surface area contributed by atoms with Gasteiger partial charge >= 0.3 is 6.09 Å². The molecule has 1 unspecified atom stereocenters. The number of nitrogen functional groups attached to an aromatic ring is 1. The number of likely N-dealkylation sites (tertiary alicyclic amines) is 1. The quantitative estimate of drug-likeness (QED) is 0.864. The van der Waals surface area contributed by atoms with Crippen LogP contribution < -0.4 is 10.5 Å². The SMILES string of the molecule is Cc1c(OCC2CCCN(C(=O)OC(C)(C)C)C2)nn(-c2ccccc2)c1N. The van der Waals surface area contributed by atoms with Crippen LogP contribution in [0.5, 0.6) is 5.88 Å². The van der Waals surface area contributed by atoms with Crippen LogP contribution in [0.15, 0.2) is 30.3 Å². The highest BCUT2D eigenvalue weighted by molar-refractivity contribution is 5.68. The number of anilines is 1. The number of ether oxygens (including phenoxy) is 2. The highest BCUT2D eigenvalue weighted by Crippen LogP contribution is 2.27. The molecule has 0 bridgehead atoms. The summed E-state index contributed by atoms with van der Waals surface area (Å²) in [7, 11) is 0. The number of benzene rings is 1. The fourth-order valence-corrected chi connectivity index (χ4v) is 3.28. The molecule has 28 heavy (non-hydrogen) atoms. The minimum Gasteiger partial charge on any atom is -0.476 e. The summed E-state index contributed by atoms with van der Waals surface area (Å²) >= 11 is 0. The van der Waals surface area contributed by atoms with E-state index in [4.69, 9.17) is 15.2 Å². The Kier molecular flexibility index (Phi) is 5.82. The third kappa shape index (κ3) is 4.77. The van der Waals surface area contributed by atoms with Gasteiger partial charge in [0.15, 0.2) is 0 Å². The maximum Gasteiger partial charge on any atom is 0.410 e. The topological polar surface area (TPSA) is 82.6 Å². The Morgan fingerprint density at radius 2 is 2.00 bits per heavy atom. The summed E-state index contributed by atoms with van der Waals surface area (Å²) in [5.74, 6) is 1.35. The number of rotatable bonds is 4. The van der Waals surface area contributed by atoms with Crippen molar-refractivity contribution >= 4 is 11.9 Å². The van der Waals surface area contributed by atoms with Gasteiger partial charge in [0, 0.05) is 19.0 Å². The largest absolute Gasteiger partial charge is 0.476 e. The number of nitrogens with zero attached hydrogens (tertiary/aromatic N) is 3. The van der Waals surface area contributed by atoms with Gasteiger partial charge in [-0.25, -0.2) is 9.48 Å². The molecule has 2 N–H and O–H groups in total. The molecule has 2 aromatic rings. The van der Waals surface area contributed by atoms with Gasteiger partial charge in [-0.05, 0) is 52.7 Å². The Morgan fingerprint density at radius 1 is 1.29 bits per heavy atom. The molecule has 3 rings (SSSR count). The molecule has 0 saturated carbocycles. The lowest BCUT2D eigenvalue weighted by Gasteiger charge is -2.33. The van der Waals surface area contributed by atoms with Gasteiger partial charge < -0.3 is 20.1 Å². The van der Waals surface area contributed by atoms with Gasteiger partial charge in [-0.1, -0.05) is 18.2 Å². The van der Waals surface area contributed by atoms with Crippen LogP contribution in [0.25, 0.3) is 5.69 Å². The van der Waals surface area contributed by atoms with Gasteiger partial charge in [-0.15, -0.1) is 5.10 Å². The van der Waals surface area contributed by atoms with Crippen molar-refractivity contribution in [2.45, 2.75) is 46.1 Å². The molecule has 0 radical (unpaired) electrons. The first-order valence-corrected chi connectivity index (χ1v) is 9.76. The number of piperidine rings is 1. The van der Waals surface area contributed by atoms with Gasteiger partial charge in [-0.2, -0.15) is 0 Å². The van der Waals surface area contributed by atoms with Gasteiger partial charge in [0.25, 0.3) is 0 Å². The standard InChI is InChI=1S/C21H30N4O3/c1-15-18(22)25(17-10-6-5-7-11-17)23-19(15)27-14-16-9-8-12-24(13-16)20(26)28-21(2,3)4/h5-7,10-11,16H,8-9,12-14,22H2,1-4H3. The van der Waals surface area contributed by atoms with E-state index in [1.807, 2.05) is 58.0 Å². The van der Waals surface area contributed by atoms with Crippen molar-refractivity contribution in [1.29, 1.82) is 0 Å². The molecule has 0 spiro atoms. The Labute approximate surface area is 166 Å². The second-order valence-electron chi connectivity index (χ2n) is 8.31. The van der Waals surface area contributed by atoms with E-state index in [9.17, 15) is 4.79 Å². The van der Waals surface area contributed by atoms with Crippen molar-refractivity contribution in [2.24, 2.45) is 5.92 Å². The van der Waals surface area contributed by atoms with Gasteiger partial charge in [-0.3, -0.25) is 0 Å². The van der Waals surface area contributed by atoms with E-state index >= 15 is 0 Å². The molecule has 1 saturated heterocycles.